The Balaban J connectivity index is 2.41. The van der Waals surface area contributed by atoms with Gasteiger partial charge in [-0.25, -0.2) is 18.7 Å². The molecule has 2 rings (SSSR count). The number of anilines is 2. The van der Waals surface area contributed by atoms with E-state index in [4.69, 9.17) is 14.7 Å². The summed E-state index contributed by atoms with van der Waals surface area (Å²) in [6.45, 7) is 2.35. The molecule has 2 aromatic rings. The quantitative estimate of drug-likeness (QED) is 0.188. The van der Waals surface area contributed by atoms with Gasteiger partial charge in [0.05, 0.1) is 50.0 Å². The van der Waals surface area contributed by atoms with Crippen molar-refractivity contribution in [3.63, 3.8) is 0 Å². The number of aliphatic hydroxyl groups is 2. The first-order valence-electron chi connectivity index (χ1n) is 9.54. The lowest BCUT2D eigenvalue weighted by Crippen LogP contribution is -2.27. The van der Waals surface area contributed by atoms with Gasteiger partial charge in [0.2, 0.25) is 0 Å². The SMILES string of the molecule is CC(C)(CO)COCc1cc(C(=O)NOCCO)c(Nc2ccc(I)cc2F)c(F)c1F. The molecule has 176 valence electrons. The Kier molecular flexibility index (Phi) is 9.70. The molecule has 0 aromatic heterocycles. The van der Waals surface area contributed by atoms with Crippen molar-refractivity contribution < 1.29 is 37.8 Å². The molecule has 0 bridgehead atoms. The number of rotatable bonds is 11. The Bertz CT molecular complexity index is 960. The third-order valence-corrected chi connectivity index (χ3v) is 4.93. The molecule has 0 spiro atoms. The highest BCUT2D eigenvalue weighted by atomic mass is 127. The zero-order chi connectivity index (χ0) is 23.9. The normalized spacial score (nSPS) is 11.5. The van der Waals surface area contributed by atoms with Crippen molar-refractivity contribution in [2.45, 2.75) is 20.5 Å². The molecule has 0 aliphatic heterocycles. The molecular weight excluding hydrogens is 544 g/mol. The van der Waals surface area contributed by atoms with E-state index in [9.17, 15) is 23.1 Å². The predicted molar refractivity (Wildman–Crippen MR) is 120 cm³/mol. The number of ether oxygens (including phenoxy) is 1. The van der Waals surface area contributed by atoms with Crippen LogP contribution in [0.3, 0.4) is 0 Å². The fourth-order valence-electron chi connectivity index (χ4n) is 2.51. The molecule has 0 aliphatic rings. The van der Waals surface area contributed by atoms with Crippen molar-refractivity contribution >= 4 is 39.9 Å². The van der Waals surface area contributed by atoms with Gasteiger partial charge in [-0.2, -0.15) is 0 Å². The van der Waals surface area contributed by atoms with Gasteiger partial charge in [-0.15, -0.1) is 0 Å². The van der Waals surface area contributed by atoms with Gasteiger partial charge in [-0.3, -0.25) is 9.63 Å². The summed E-state index contributed by atoms with van der Waals surface area (Å²) in [5, 5.41) is 20.5. The number of benzene rings is 2. The Morgan fingerprint density at radius 2 is 1.88 bits per heavy atom. The Morgan fingerprint density at radius 3 is 2.50 bits per heavy atom. The highest BCUT2D eigenvalue weighted by Crippen LogP contribution is 2.31. The zero-order valence-electron chi connectivity index (χ0n) is 17.5. The van der Waals surface area contributed by atoms with Gasteiger partial charge in [0, 0.05) is 14.5 Å². The molecule has 0 aliphatic carbocycles. The number of nitrogens with one attached hydrogen (secondary N) is 2. The number of carbonyl (C=O) groups is 1. The minimum absolute atomic E-state index is 0.0551. The molecule has 2 aromatic carbocycles. The van der Waals surface area contributed by atoms with E-state index in [1.54, 1.807) is 19.9 Å². The van der Waals surface area contributed by atoms with Crippen LogP contribution in [0.2, 0.25) is 0 Å². The topological polar surface area (TPSA) is 100 Å². The highest BCUT2D eigenvalue weighted by Gasteiger charge is 2.25. The van der Waals surface area contributed by atoms with Crippen molar-refractivity contribution in [1.29, 1.82) is 0 Å². The molecule has 0 fully saturated rings. The third-order valence-electron chi connectivity index (χ3n) is 4.25. The van der Waals surface area contributed by atoms with Crippen LogP contribution in [0, 0.1) is 26.4 Å². The van der Waals surface area contributed by atoms with Crippen LogP contribution in [0.4, 0.5) is 24.5 Å². The molecule has 0 saturated carbocycles. The van der Waals surface area contributed by atoms with Crippen molar-refractivity contribution in [2.24, 2.45) is 5.41 Å². The lowest BCUT2D eigenvalue weighted by molar-refractivity contribution is 0.0163. The number of hydrogen-bond donors (Lipinski definition) is 4. The second-order valence-corrected chi connectivity index (χ2v) is 8.90. The summed E-state index contributed by atoms with van der Waals surface area (Å²) in [4.78, 5) is 17.3. The summed E-state index contributed by atoms with van der Waals surface area (Å²) in [6, 6.07) is 5.13. The monoisotopic (exact) mass is 568 g/mol. The smallest absolute Gasteiger partial charge is 0.277 e. The van der Waals surface area contributed by atoms with Gasteiger partial charge in [-0.05, 0) is 46.9 Å². The molecule has 32 heavy (non-hydrogen) atoms. The van der Waals surface area contributed by atoms with Crippen LogP contribution in [0.1, 0.15) is 29.8 Å². The molecule has 0 unspecified atom stereocenters. The zero-order valence-corrected chi connectivity index (χ0v) is 19.6. The lowest BCUT2D eigenvalue weighted by atomic mass is 9.96. The summed E-state index contributed by atoms with van der Waals surface area (Å²) in [5.74, 6) is -4.34. The summed E-state index contributed by atoms with van der Waals surface area (Å²) >= 11 is 1.89. The number of hydrogen-bond acceptors (Lipinski definition) is 6. The van der Waals surface area contributed by atoms with E-state index in [0.29, 0.717) is 3.57 Å². The van der Waals surface area contributed by atoms with Crippen LogP contribution < -0.4 is 10.8 Å². The molecule has 11 heteroatoms. The molecular formula is C21H24F3IN2O5. The fraction of sp³-hybridized carbons (Fsp3) is 0.381. The highest BCUT2D eigenvalue weighted by molar-refractivity contribution is 14.1. The van der Waals surface area contributed by atoms with Crippen molar-refractivity contribution in [1.82, 2.24) is 5.48 Å². The number of carbonyl (C=O) groups excluding carboxylic acids is 1. The van der Waals surface area contributed by atoms with Crippen LogP contribution in [0.25, 0.3) is 0 Å². The average molecular weight is 568 g/mol. The van der Waals surface area contributed by atoms with Crippen LogP contribution in [-0.2, 0) is 16.2 Å². The van der Waals surface area contributed by atoms with Gasteiger partial charge in [0.25, 0.3) is 5.91 Å². The minimum atomic E-state index is -1.40. The van der Waals surface area contributed by atoms with Gasteiger partial charge in [-0.1, -0.05) is 13.8 Å². The van der Waals surface area contributed by atoms with Crippen LogP contribution in [-0.4, -0.2) is 42.5 Å². The molecule has 0 atom stereocenters. The summed E-state index contributed by atoms with van der Waals surface area (Å²) in [5.41, 5.74) is 0.0477. The maximum Gasteiger partial charge on any atom is 0.277 e. The van der Waals surface area contributed by atoms with Crippen molar-refractivity contribution in [3.8, 4) is 0 Å². The minimum Gasteiger partial charge on any atom is -0.396 e. The molecule has 7 nitrogen and oxygen atoms in total. The Morgan fingerprint density at radius 1 is 1.16 bits per heavy atom. The standard InChI is InChI=1S/C21H24F3IN2O5/c1-21(2,10-29)11-31-9-12-7-14(20(30)27-32-6-5-28)19(18(24)17(12)23)26-16-4-3-13(25)8-15(16)22/h3-4,7-8,26,28-29H,5-6,9-11H2,1-2H3,(H,27,30). The third kappa shape index (κ3) is 7.04. The maximum atomic E-state index is 15.0. The van der Waals surface area contributed by atoms with Gasteiger partial charge in [0.15, 0.2) is 11.6 Å². The van der Waals surface area contributed by atoms with E-state index in [0.717, 1.165) is 6.07 Å². The van der Waals surface area contributed by atoms with Crippen molar-refractivity contribution in [2.75, 3.05) is 31.7 Å². The summed E-state index contributed by atoms with van der Waals surface area (Å²) < 4.78 is 50.0. The van der Waals surface area contributed by atoms with Crippen molar-refractivity contribution in [3.05, 3.63) is 56.4 Å². The molecule has 4 N–H and O–H groups in total. The first-order chi connectivity index (χ1) is 15.1. The first-order valence-corrected chi connectivity index (χ1v) is 10.6. The van der Waals surface area contributed by atoms with Crippen LogP contribution in [0.15, 0.2) is 24.3 Å². The number of amides is 1. The van der Waals surface area contributed by atoms with Gasteiger partial charge < -0.3 is 20.3 Å². The van der Waals surface area contributed by atoms with Crippen LogP contribution >= 0.6 is 22.6 Å². The summed E-state index contributed by atoms with van der Waals surface area (Å²) in [7, 11) is 0. The number of hydroxylamine groups is 1. The number of halogens is 4. The van der Waals surface area contributed by atoms with Gasteiger partial charge >= 0.3 is 0 Å². The average Bonchev–Trinajstić information content (AvgIpc) is 2.74. The molecule has 0 heterocycles. The van der Waals surface area contributed by atoms with E-state index in [2.05, 4.69) is 5.32 Å². The van der Waals surface area contributed by atoms with E-state index < -0.39 is 34.5 Å². The second-order valence-electron chi connectivity index (χ2n) is 7.65. The predicted octanol–water partition coefficient (Wildman–Crippen LogP) is 3.64. The largest absolute Gasteiger partial charge is 0.396 e. The Hall–Kier alpha value is -1.93. The van der Waals surface area contributed by atoms with Gasteiger partial charge in [0.1, 0.15) is 5.82 Å². The lowest BCUT2D eigenvalue weighted by Gasteiger charge is -2.22. The Labute approximate surface area is 197 Å². The second kappa shape index (κ2) is 11.8. The van der Waals surface area contributed by atoms with E-state index >= 15 is 0 Å². The van der Waals surface area contributed by atoms with E-state index in [1.807, 2.05) is 28.1 Å². The van der Waals surface area contributed by atoms with E-state index in [-0.39, 0.29) is 49.8 Å². The molecule has 0 radical (unpaired) electrons. The first kappa shape index (κ1) is 26.3. The fourth-order valence-corrected chi connectivity index (χ4v) is 2.96. The molecule has 1 amide bonds. The maximum absolute atomic E-state index is 15.0. The number of aliphatic hydroxyl groups excluding tert-OH is 2. The van der Waals surface area contributed by atoms with Crippen LogP contribution in [0.5, 0.6) is 0 Å². The summed E-state index contributed by atoms with van der Waals surface area (Å²) in [6.07, 6.45) is 0. The van der Waals surface area contributed by atoms with E-state index in [1.165, 1.54) is 12.1 Å². The molecule has 0 saturated heterocycles.